The SMILES string of the molecule is COc1ccc(S(=O)(=O)N2CCCC(CO)C2)c(/N=N/c2c(C)nn(-c3ccccc3)c2N)c1. The van der Waals surface area contributed by atoms with Crippen molar-refractivity contribution < 1.29 is 18.3 Å². The summed E-state index contributed by atoms with van der Waals surface area (Å²) in [4.78, 5) is 0.0160. The van der Waals surface area contributed by atoms with Crippen molar-refractivity contribution in [3.05, 3.63) is 54.2 Å². The molecule has 1 saturated heterocycles. The molecular weight excluding hydrogens is 456 g/mol. The lowest BCUT2D eigenvalue weighted by Gasteiger charge is -2.31. The topological polar surface area (TPSA) is 135 Å². The molecule has 4 rings (SSSR count). The molecule has 0 aliphatic carbocycles. The van der Waals surface area contributed by atoms with Gasteiger partial charge in [0.05, 0.1) is 18.5 Å². The minimum Gasteiger partial charge on any atom is -0.497 e. The molecule has 2 heterocycles. The van der Waals surface area contributed by atoms with Crippen molar-refractivity contribution in [2.75, 3.05) is 32.5 Å². The third-order valence-electron chi connectivity index (χ3n) is 5.85. The number of nitrogens with two attached hydrogens (primary N) is 1. The summed E-state index contributed by atoms with van der Waals surface area (Å²) >= 11 is 0. The van der Waals surface area contributed by atoms with Crippen molar-refractivity contribution in [3.63, 3.8) is 0 Å². The van der Waals surface area contributed by atoms with Crippen LogP contribution < -0.4 is 10.5 Å². The zero-order chi connectivity index (χ0) is 24.3. The lowest BCUT2D eigenvalue weighted by molar-refractivity contribution is 0.165. The number of nitrogen functional groups attached to an aromatic ring is 1. The Morgan fingerprint density at radius 1 is 1.21 bits per heavy atom. The zero-order valence-electron chi connectivity index (χ0n) is 19.1. The summed E-state index contributed by atoms with van der Waals surface area (Å²) in [6, 6.07) is 14.0. The van der Waals surface area contributed by atoms with Gasteiger partial charge in [-0.3, -0.25) is 0 Å². The van der Waals surface area contributed by atoms with Crippen LogP contribution in [-0.4, -0.2) is 54.4 Å². The van der Waals surface area contributed by atoms with Gasteiger partial charge in [-0.1, -0.05) is 18.2 Å². The minimum atomic E-state index is -3.86. The van der Waals surface area contributed by atoms with E-state index in [0.717, 1.165) is 12.1 Å². The second-order valence-corrected chi connectivity index (χ2v) is 10.1. The predicted octanol–water partition coefficient (Wildman–Crippen LogP) is 3.58. The second-order valence-electron chi connectivity index (χ2n) is 8.15. The molecule has 10 nitrogen and oxygen atoms in total. The number of benzene rings is 2. The maximum atomic E-state index is 13.5. The number of rotatable bonds is 7. The molecule has 1 unspecified atom stereocenters. The van der Waals surface area contributed by atoms with Crippen molar-refractivity contribution in [3.8, 4) is 11.4 Å². The number of hydrogen-bond donors (Lipinski definition) is 2. The summed E-state index contributed by atoms with van der Waals surface area (Å²) in [6.45, 7) is 2.36. The Kier molecular flexibility index (Phi) is 6.96. The average molecular weight is 485 g/mol. The minimum absolute atomic E-state index is 0.0160. The largest absolute Gasteiger partial charge is 0.497 e. The van der Waals surface area contributed by atoms with Crippen LogP contribution in [0.1, 0.15) is 18.5 Å². The van der Waals surface area contributed by atoms with Crippen LogP contribution in [0.4, 0.5) is 17.2 Å². The third kappa shape index (κ3) is 4.67. The Bertz CT molecular complexity index is 1290. The normalized spacial score (nSPS) is 17.3. The fourth-order valence-corrected chi connectivity index (χ4v) is 5.64. The van der Waals surface area contributed by atoms with E-state index in [9.17, 15) is 13.5 Å². The van der Waals surface area contributed by atoms with Gasteiger partial charge in [-0.15, -0.1) is 10.2 Å². The highest BCUT2D eigenvalue weighted by atomic mass is 32.2. The number of aromatic nitrogens is 2. The molecule has 1 aromatic heterocycles. The zero-order valence-corrected chi connectivity index (χ0v) is 19.9. The molecule has 0 amide bonds. The quantitative estimate of drug-likeness (QED) is 0.492. The monoisotopic (exact) mass is 484 g/mol. The number of sulfonamides is 1. The van der Waals surface area contributed by atoms with E-state index in [1.165, 1.54) is 23.5 Å². The summed E-state index contributed by atoms with van der Waals surface area (Å²) in [5, 5.41) is 22.5. The van der Waals surface area contributed by atoms with Gasteiger partial charge in [0, 0.05) is 25.8 Å². The first-order valence-electron chi connectivity index (χ1n) is 11.0. The molecule has 180 valence electrons. The molecule has 0 spiro atoms. The van der Waals surface area contributed by atoms with E-state index in [4.69, 9.17) is 10.5 Å². The van der Waals surface area contributed by atoms with Crippen LogP contribution in [0, 0.1) is 12.8 Å². The van der Waals surface area contributed by atoms with E-state index in [0.29, 0.717) is 35.9 Å². The number of azo groups is 1. The van der Waals surface area contributed by atoms with Gasteiger partial charge < -0.3 is 15.6 Å². The molecule has 3 aromatic rings. The molecule has 1 fully saturated rings. The molecule has 0 radical (unpaired) electrons. The van der Waals surface area contributed by atoms with Crippen molar-refractivity contribution in [2.45, 2.75) is 24.7 Å². The number of aliphatic hydroxyl groups is 1. The lowest BCUT2D eigenvalue weighted by atomic mass is 10.0. The Morgan fingerprint density at radius 2 is 1.97 bits per heavy atom. The number of hydrogen-bond acceptors (Lipinski definition) is 8. The van der Waals surface area contributed by atoms with Crippen LogP contribution in [0.15, 0.2) is 63.7 Å². The third-order valence-corrected chi connectivity index (χ3v) is 7.76. The van der Waals surface area contributed by atoms with Gasteiger partial charge in [0.1, 0.15) is 16.3 Å². The maximum absolute atomic E-state index is 13.5. The molecule has 0 bridgehead atoms. The van der Waals surface area contributed by atoms with E-state index in [1.54, 1.807) is 17.7 Å². The van der Waals surface area contributed by atoms with Crippen LogP contribution in [-0.2, 0) is 10.0 Å². The Balaban J connectivity index is 1.72. The number of ether oxygens (including phenoxy) is 1. The van der Waals surface area contributed by atoms with Gasteiger partial charge in [-0.05, 0) is 49.9 Å². The molecule has 1 atom stereocenters. The summed E-state index contributed by atoms with van der Waals surface area (Å²) in [5.74, 6) is 0.657. The van der Waals surface area contributed by atoms with Crippen LogP contribution in [0.2, 0.25) is 0 Å². The highest BCUT2D eigenvalue weighted by Gasteiger charge is 2.32. The number of anilines is 1. The molecule has 0 saturated carbocycles. The van der Waals surface area contributed by atoms with Crippen molar-refractivity contribution >= 4 is 27.2 Å². The van der Waals surface area contributed by atoms with Crippen LogP contribution >= 0.6 is 0 Å². The summed E-state index contributed by atoms with van der Waals surface area (Å²) in [6.07, 6.45) is 1.48. The first kappa shape index (κ1) is 23.9. The predicted molar refractivity (Wildman–Crippen MR) is 128 cm³/mol. The number of aliphatic hydroxyl groups excluding tert-OH is 1. The van der Waals surface area contributed by atoms with Gasteiger partial charge in [0.25, 0.3) is 0 Å². The first-order valence-corrected chi connectivity index (χ1v) is 12.4. The standard InChI is InChI=1S/C23H28N6O4S/c1-16-22(23(24)29(27-16)18-8-4-3-5-9-18)26-25-20-13-19(33-2)10-11-21(20)34(31,32)28-12-6-7-17(14-28)15-30/h3-5,8-11,13,17,30H,6-7,12,14-15,24H2,1-2H3/b26-25+. The Hall–Kier alpha value is -3.28. The number of piperidine rings is 1. The molecule has 11 heteroatoms. The second kappa shape index (κ2) is 9.92. The fraction of sp³-hybridized carbons (Fsp3) is 0.348. The maximum Gasteiger partial charge on any atom is 0.245 e. The van der Waals surface area contributed by atoms with Gasteiger partial charge in [-0.2, -0.15) is 9.40 Å². The van der Waals surface area contributed by atoms with Crippen molar-refractivity contribution in [1.29, 1.82) is 0 Å². The summed E-state index contributed by atoms with van der Waals surface area (Å²) in [5.41, 5.74) is 8.12. The average Bonchev–Trinajstić information content (AvgIpc) is 3.15. The van der Waals surface area contributed by atoms with E-state index in [1.807, 2.05) is 30.3 Å². The number of para-hydroxylation sites is 1. The van der Waals surface area contributed by atoms with Crippen molar-refractivity contribution in [1.82, 2.24) is 14.1 Å². The molecule has 3 N–H and O–H groups in total. The molecular formula is C23H28N6O4S. The van der Waals surface area contributed by atoms with E-state index in [-0.39, 0.29) is 29.7 Å². The fourth-order valence-electron chi connectivity index (χ4n) is 3.98. The number of methoxy groups -OCH3 is 1. The van der Waals surface area contributed by atoms with Crippen LogP contribution in [0.25, 0.3) is 5.69 Å². The van der Waals surface area contributed by atoms with E-state index < -0.39 is 10.0 Å². The number of aryl methyl sites for hydroxylation is 1. The Labute approximate surface area is 198 Å². The van der Waals surface area contributed by atoms with E-state index >= 15 is 0 Å². The van der Waals surface area contributed by atoms with Crippen molar-refractivity contribution in [2.24, 2.45) is 16.1 Å². The molecule has 2 aromatic carbocycles. The highest BCUT2D eigenvalue weighted by molar-refractivity contribution is 7.89. The summed E-state index contributed by atoms with van der Waals surface area (Å²) < 4.78 is 35.2. The smallest absolute Gasteiger partial charge is 0.245 e. The highest BCUT2D eigenvalue weighted by Crippen LogP contribution is 2.36. The molecule has 1 aliphatic rings. The van der Waals surface area contributed by atoms with Gasteiger partial charge >= 0.3 is 0 Å². The van der Waals surface area contributed by atoms with Gasteiger partial charge in [0.2, 0.25) is 10.0 Å². The van der Waals surface area contributed by atoms with E-state index in [2.05, 4.69) is 15.3 Å². The number of nitrogens with zero attached hydrogens (tertiary/aromatic N) is 5. The van der Waals surface area contributed by atoms with Gasteiger partial charge in [-0.25, -0.2) is 13.1 Å². The summed E-state index contributed by atoms with van der Waals surface area (Å²) in [7, 11) is -2.37. The van der Waals surface area contributed by atoms with Gasteiger partial charge in [0.15, 0.2) is 11.5 Å². The molecule has 34 heavy (non-hydrogen) atoms. The first-order chi connectivity index (χ1) is 16.3. The van der Waals surface area contributed by atoms with Crippen LogP contribution in [0.3, 0.4) is 0 Å². The molecule has 1 aliphatic heterocycles. The van der Waals surface area contributed by atoms with Crippen LogP contribution in [0.5, 0.6) is 5.75 Å². The Morgan fingerprint density at radius 3 is 2.68 bits per heavy atom. The lowest BCUT2D eigenvalue weighted by Crippen LogP contribution is -2.40.